The quantitative estimate of drug-likeness (QED) is 0.632. The van der Waals surface area contributed by atoms with Crippen molar-refractivity contribution < 1.29 is 18.0 Å². The average Bonchev–Trinajstić information content (AvgIpc) is 2.77. The van der Waals surface area contributed by atoms with Crippen molar-refractivity contribution in [1.29, 1.82) is 0 Å². The monoisotopic (exact) mass is 345 g/mol. The lowest BCUT2D eigenvalue weighted by Crippen LogP contribution is -2.53. The largest absolute Gasteiger partial charge is 0.355 e. The number of carbonyl (C=O) groups is 2. The molecule has 1 heterocycles. The number of nitrogens with one attached hydrogen (secondary N) is 2. The van der Waals surface area contributed by atoms with Gasteiger partial charge in [0, 0.05) is 24.5 Å². The van der Waals surface area contributed by atoms with E-state index in [1.165, 1.54) is 0 Å². The zero-order valence-electron chi connectivity index (χ0n) is 13.6. The van der Waals surface area contributed by atoms with Gasteiger partial charge in [0.05, 0.1) is 17.4 Å². The van der Waals surface area contributed by atoms with Gasteiger partial charge in [-0.2, -0.15) is 0 Å². The molecule has 132 valence electrons. The zero-order chi connectivity index (χ0) is 17.1. The Bertz CT molecular complexity index is 559. The van der Waals surface area contributed by atoms with Gasteiger partial charge in [0.1, 0.15) is 0 Å². The lowest BCUT2D eigenvalue weighted by molar-refractivity contribution is -0.128. The van der Waals surface area contributed by atoms with E-state index in [0.717, 1.165) is 25.7 Å². The zero-order valence-corrected chi connectivity index (χ0v) is 14.5. The summed E-state index contributed by atoms with van der Waals surface area (Å²) in [6.45, 7) is 2.15. The van der Waals surface area contributed by atoms with E-state index in [1.54, 1.807) is 0 Å². The average molecular weight is 345 g/mol. The van der Waals surface area contributed by atoms with Crippen LogP contribution in [0.15, 0.2) is 0 Å². The Balaban J connectivity index is 1.70. The highest BCUT2D eigenvalue weighted by atomic mass is 32.2. The number of carbonyl (C=O) groups excluding carboxylic acids is 2. The van der Waals surface area contributed by atoms with Crippen molar-refractivity contribution in [2.24, 2.45) is 11.7 Å². The standard InChI is InChI=1S/C15H27N3O4S/c1-15(16)7-3-2-4-12(15)14(20)17-8-5-13(19)18-11-6-9-23(21,22)10-11/h11-12H,2-10,16H2,1H3,(H,17,20)(H,18,19). The van der Waals surface area contributed by atoms with Gasteiger partial charge in [-0.3, -0.25) is 9.59 Å². The van der Waals surface area contributed by atoms with Crippen molar-refractivity contribution in [2.45, 2.75) is 57.0 Å². The first-order valence-electron chi connectivity index (χ1n) is 8.26. The Morgan fingerprint density at radius 1 is 1.26 bits per heavy atom. The Kier molecular flexibility index (Phi) is 5.67. The highest BCUT2D eigenvalue weighted by molar-refractivity contribution is 7.91. The van der Waals surface area contributed by atoms with Gasteiger partial charge in [0.25, 0.3) is 0 Å². The Labute approximate surface area is 137 Å². The predicted octanol–water partition coefficient (Wildman–Crippen LogP) is -0.296. The molecule has 4 N–H and O–H groups in total. The molecular formula is C15H27N3O4S. The molecule has 0 radical (unpaired) electrons. The molecule has 1 saturated carbocycles. The number of rotatable bonds is 5. The molecule has 2 amide bonds. The molecule has 7 nitrogen and oxygen atoms in total. The minimum absolute atomic E-state index is 0.0126. The summed E-state index contributed by atoms with van der Waals surface area (Å²) in [6, 6.07) is -0.297. The molecule has 0 bridgehead atoms. The molecule has 1 aliphatic carbocycles. The van der Waals surface area contributed by atoms with Gasteiger partial charge in [0.2, 0.25) is 11.8 Å². The first-order valence-corrected chi connectivity index (χ1v) is 10.1. The van der Waals surface area contributed by atoms with Gasteiger partial charge >= 0.3 is 0 Å². The van der Waals surface area contributed by atoms with Crippen LogP contribution in [0.25, 0.3) is 0 Å². The second-order valence-corrected chi connectivity index (χ2v) is 9.24. The summed E-state index contributed by atoms with van der Waals surface area (Å²) < 4.78 is 22.7. The van der Waals surface area contributed by atoms with Crippen LogP contribution in [-0.4, -0.2) is 49.9 Å². The Hall–Kier alpha value is -1.15. The van der Waals surface area contributed by atoms with Gasteiger partial charge in [-0.15, -0.1) is 0 Å². The minimum atomic E-state index is -3.00. The molecule has 1 saturated heterocycles. The molecule has 2 rings (SSSR count). The van der Waals surface area contributed by atoms with E-state index < -0.39 is 15.4 Å². The van der Waals surface area contributed by atoms with Crippen molar-refractivity contribution in [2.75, 3.05) is 18.1 Å². The van der Waals surface area contributed by atoms with E-state index >= 15 is 0 Å². The van der Waals surface area contributed by atoms with Crippen LogP contribution in [0.2, 0.25) is 0 Å². The fraction of sp³-hybridized carbons (Fsp3) is 0.867. The van der Waals surface area contributed by atoms with Crippen LogP contribution in [0, 0.1) is 5.92 Å². The summed E-state index contributed by atoms with van der Waals surface area (Å²) in [7, 11) is -3.00. The van der Waals surface area contributed by atoms with Gasteiger partial charge in [0.15, 0.2) is 9.84 Å². The normalized spacial score (nSPS) is 33.1. The van der Waals surface area contributed by atoms with Gasteiger partial charge in [-0.25, -0.2) is 8.42 Å². The predicted molar refractivity (Wildman–Crippen MR) is 87.4 cm³/mol. The second-order valence-electron chi connectivity index (χ2n) is 7.01. The number of nitrogens with two attached hydrogens (primary N) is 1. The first-order chi connectivity index (χ1) is 10.7. The lowest BCUT2D eigenvalue weighted by Gasteiger charge is -2.37. The number of hydrogen-bond donors (Lipinski definition) is 3. The molecule has 3 unspecified atom stereocenters. The smallest absolute Gasteiger partial charge is 0.224 e. The highest BCUT2D eigenvalue weighted by Crippen LogP contribution is 2.31. The highest BCUT2D eigenvalue weighted by Gasteiger charge is 2.37. The lowest BCUT2D eigenvalue weighted by atomic mass is 9.74. The molecule has 0 aromatic heterocycles. The van der Waals surface area contributed by atoms with Crippen molar-refractivity contribution in [1.82, 2.24) is 10.6 Å². The molecular weight excluding hydrogens is 318 g/mol. The van der Waals surface area contributed by atoms with Crippen LogP contribution in [-0.2, 0) is 19.4 Å². The fourth-order valence-corrected chi connectivity index (χ4v) is 5.09. The SMILES string of the molecule is CC1(N)CCCCC1C(=O)NCCC(=O)NC1CCS(=O)(=O)C1. The minimum Gasteiger partial charge on any atom is -0.355 e. The van der Waals surface area contributed by atoms with E-state index in [2.05, 4.69) is 10.6 Å². The third-order valence-electron chi connectivity index (χ3n) is 4.82. The van der Waals surface area contributed by atoms with Crippen LogP contribution in [0.1, 0.15) is 45.4 Å². The molecule has 8 heteroatoms. The maximum Gasteiger partial charge on any atom is 0.224 e. The van der Waals surface area contributed by atoms with Crippen LogP contribution < -0.4 is 16.4 Å². The fourth-order valence-electron chi connectivity index (χ4n) is 3.42. The summed E-state index contributed by atoms with van der Waals surface area (Å²) in [6.07, 6.45) is 4.28. The van der Waals surface area contributed by atoms with E-state index in [4.69, 9.17) is 5.73 Å². The summed E-state index contributed by atoms with van der Waals surface area (Å²) >= 11 is 0. The third-order valence-corrected chi connectivity index (χ3v) is 6.59. The van der Waals surface area contributed by atoms with Gasteiger partial charge in [-0.05, 0) is 26.2 Å². The van der Waals surface area contributed by atoms with Crippen molar-refractivity contribution in [3.8, 4) is 0 Å². The van der Waals surface area contributed by atoms with Crippen LogP contribution >= 0.6 is 0 Å². The van der Waals surface area contributed by atoms with Gasteiger partial charge in [-0.1, -0.05) is 12.8 Å². The molecule has 3 atom stereocenters. The van der Waals surface area contributed by atoms with E-state index in [-0.39, 0.29) is 48.2 Å². The molecule has 1 aliphatic heterocycles. The number of sulfone groups is 1. The van der Waals surface area contributed by atoms with Crippen LogP contribution in [0.3, 0.4) is 0 Å². The maximum absolute atomic E-state index is 12.2. The first kappa shape index (κ1) is 18.2. The summed E-state index contributed by atoms with van der Waals surface area (Å²) in [5.74, 6) is -0.388. The molecule has 0 aromatic carbocycles. The number of hydrogen-bond acceptors (Lipinski definition) is 5. The third kappa shape index (κ3) is 5.17. The Morgan fingerprint density at radius 2 is 2.00 bits per heavy atom. The molecule has 23 heavy (non-hydrogen) atoms. The van der Waals surface area contributed by atoms with Crippen LogP contribution in [0.5, 0.6) is 0 Å². The molecule has 0 aromatic rings. The Morgan fingerprint density at radius 3 is 2.61 bits per heavy atom. The van der Waals surface area contributed by atoms with E-state index in [1.807, 2.05) is 6.92 Å². The summed E-state index contributed by atoms with van der Waals surface area (Å²) in [5.41, 5.74) is 5.71. The second kappa shape index (κ2) is 7.17. The molecule has 0 spiro atoms. The summed E-state index contributed by atoms with van der Waals surface area (Å²) in [5, 5.41) is 5.49. The van der Waals surface area contributed by atoms with Crippen molar-refractivity contribution in [3.63, 3.8) is 0 Å². The molecule has 2 fully saturated rings. The van der Waals surface area contributed by atoms with E-state index in [0.29, 0.717) is 6.42 Å². The summed E-state index contributed by atoms with van der Waals surface area (Å²) in [4.78, 5) is 24.0. The van der Waals surface area contributed by atoms with Crippen LogP contribution in [0.4, 0.5) is 0 Å². The maximum atomic E-state index is 12.2. The van der Waals surface area contributed by atoms with Crippen molar-refractivity contribution >= 4 is 21.7 Å². The molecule has 2 aliphatic rings. The van der Waals surface area contributed by atoms with Crippen molar-refractivity contribution in [3.05, 3.63) is 0 Å². The van der Waals surface area contributed by atoms with E-state index in [9.17, 15) is 18.0 Å². The van der Waals surface area contributed by atoms with Gasteiger partial charge < -0.3 is 16.4 Å². The topological polar surface area (TPSA) is 118 Å². The number of amides is 2.